The molecule has 1 atom stereocenters. The van der Waals surface area contributed by atoms with Gasteiger partial charge in [0, 0.05) is 6.54 Å². The summed E-state index contributed by atoms with van der Waals surface area (Å²) in [5.74, 6) is -2.94. The van der Waals surface area contributed by atoms with Gasteiger partial charge in [-0.2, -0.15) is 0 Å². The number of fused-ring (bicyclic) bond motifs is 1. The fourth-order valence-corrected chi connectivity index (χ4v) is 1.80. The van der Waals surface area contributed by atoms with E-state index in [-0.39, 0.29) is 22.5 Å². The Morgan fingerprint density at radius 1 is 1.44 bits per heavy atom. The summed E-state index contributed by atoms with van der Waals surface area (Å²) >= 11 is 0. The van der Waals surface area contributed by atoms with E-state index in [1.807, 2.05) is 0 Å². The molecule has 0 radical (unpaired) electrons. The van der Waals surface area contributed by atoms with E-state index in [1.165, 1.54) is 6.07 Å². The van der Waals surface area contributed by atoms with Gasteiger partial charge in [0.1, 0.15) is 6.04 Å². The maximum atomic E-state index is 13.3. The first kappa shape index (κ1) is 13.1. The minimum Gasteiger partial charge on any atom is -0.480 e. The average molecular weight is 294 g/mol. The highest BCUT2D eigenvalue weighted by Gasteiger charge is 2.28. The smallest absolute Gasteiger partial charge is 0.325 e. The van der Waals surface area contributed by atoms with E-state index in [1.54, 1.807) is 0 Å². The molecule has 1 aliphatic rings. The van der Waals surface area contributed by atoms with Crippen LogP contribution in [0.3, 0.4) is 0 Å². The van der Waals surface area contributed by atoms with Crippen LogP contribution in [0.15, 0.2) is 12.1 Å². The molecule has 0 bridgehead atoms. The summed E-state index contributed by atoms with van der Waals surface area (Å²) in [4.78, 5) is 10.8. The number of halogens is 3. The molecule has 0 aromatic heterocycles. The van der Waals surface area contributed by atoms with Gasteiger partial charge >= 0.3 is 5.97 Å². The normalized spacial score (nSPS) is 18.5. The van der Waals surface area contributed by atoms with E-state index in [0.717, 1.165) is 6.07 Å². The minimum absolute atomic E-state index is 0. The molecular weight excluding hydrogens is 284 g/mol. The highest BCUT2D eigenvalue weighted by Crippen LogP contribution is 2.26. The third-order valence-electron chi connectivity index (χ3n) is 2.51. The van der Waals surface area contributed by atoms with Crippen molar-refractivity contribution in [1.82, 2.24) is 5.32 Å². The number of carboxylic acids is 1. The quantitative estimate of drug-likeness (QED) is 0.830. The van der Waals surface area contributed by atoms with E-state index in [0.29, 0.717) is 18.5 Å². The van der Waals surface area contributed by atoms with Crippen LogP contribution in [-0.4, -0.2) is 17.6 Å². The van der Waals surface area contributed by atoms with Crippen LogP contribution >= 0.6 is 17.0 Å². The summed E-state index contributed by atoms with van der Waals surface area (Å²) < 4.78 is 26.2. The molecule has 0 aliphatic carbocycles. The Bertz CT molecular complexity index is 426. The van der Waals surface area contributed by atoms with Crippen LogP contribution in [0.1, 0.15) is 17.2 Å². The van der Waals surface area contributed by atoms with Gasteiger partial charge in [0.25, 0.3) is 0 Å². The molecule has 1 aromatic carbocycles. The molecule has 1 heterocycles. The summed E-state index contributed by atoms with van der Waals surface area (Å²) in [5, 5.41) is 11.6. The highest BCUT2D eigenvalue weighted by atomic mass is 79.9. The second-order valence-corrected chi connectivity index (χ2v) is 3.40. The zero-order valence-electron chi connectivity index (χ0n) is 8.17. The van der Waals surface area contributed by atoms with Gasteiger partial charge in [-0.15, -0.1) is 17.0 Å². The Labute approximate surface area is 101 Å². The number of aliphatic carboxylic acids is 1. The van der Waals surface area contributed by atoms with E-state index in [9.17, 15) is 13.6 Å². The van der Waals surface area contributed by atoms with Crippen molar-refractivity contribution in [3.05, 3.63) is 34.9 Å². The van der Waals surface area contributed by atoms with Crippen molar-refractivity contribution < 1.29 is 18.7 Å². The number of carboxylic acid groups (broad SMARTS) is 1. The Morgan fingerprint density at radius 3 is 2.75 bits per heavy atom. The van der Waals surface area contributed by atoms with Gasteiger partial charge in [0.15, 0.2) is 11.6 Å². The first-order valence-electron chi connectivity index (χ1n) is 4.54. The first-order chi connectivity index (χ1) is 7.11. The number of nitrogens with one attached hydrogen (secondary N) is 1. The van der Waals surface area contributed by atoms with Crippen molar-refractivity contribution >= 4 is 23.0 Å². The van der Waals surface area contributed by atoms with Crippen LogP contribution in [0.5, 0.6) is 0 Å². The van der Waals surface area contributed by atoms with Crippen LogP contribution in [0.2, 0.25) is 0 Å². The molecule has 0 saturated carbocycles. The molecule has 6 heteroatoms. The number of rotatable bonds is 1. The third kappa shape index (κ3) is 2.08. The number of hydrogen-bond acceptors (Lipinski definition) is 2. The predicted molar refractivity (Wildman–Crippen MR) is 58.8 cm³/mol. The molecular formula is C10H10BrF2NO2. The number of hydrogen-bond donors (Lipinski definition) is 2. The van der Waals surface area contributed by atoms with Crippen molar-refractivity contribution in [3.63, 3.8) is 0 Å². The topological polar surface area (TPSA) is 49.3 Å². The van der Waals surface area contributed by atoms with Gasteiger partial charge < -0.3 is 10.4 Å². The van der Waals surface area contributed by atoms with Crippen molar-refractivity contribution in [2.24, 2.45) is 0 Å². The molecule has 2 N–H and O–H groups in total. The molecule has 16 heavy (non-hydrogen) atoms. The molecule has 88 valence electrons. The zero-order valence-corrected chi connectivity index (χ0v) is 9.88. The average Bonchev–Trinajstić information content (AvgIpc) is 2.23. The molecule has 2 rings (SSSR count). The molecule has 1 aromatic rings. The maximum absolute atomic E-state index is 13.3. The largest absolute Gasteiger partial charge is 0.480 e. The summed E-state index contributed by atoms with van der Waals surface area (Å²) in [6, 6.07) is 1.33. The van der Waals surface area contributed by atoms with E-state index in [2.05, 4.69) is 5.32 Å². The van der Waals surface area contributed by atoms with Crippen molar-refractivity contribution in [1.29, 1.82) is 0 Å². The molecule has 1 unspecified atom stereocenters. The second-order valence-electron chi connectivity index (χ2n) is 3.40. The SMILES string of the molecule is Br.O=C(O)C1NCCc2c1ccc(F)c2F. The Balaban J connectivity index is 0.00000128. The molecule has 0 fully saturated rings. The molecule has 0 amide bonds. The van der Waals surface area contributed by atoms with Crippen LogP contribution in [0, 0.1) is 11.6 Å². The first-order valence-corrected chi connectivity index (χ1v) is 4.54. The van der Waals surface area contributed by atoms with Crippen LogP contribution < -0.4 is 5.32 Å². The fraction of sp³-hybridized carbons (Fsp3) is 0.300. The lowest BCUT2D eigenvalue weighted by Crippen LogP contribution is -2.35. The Morgan fingerprint density at radius 2 is 2.12 bits per heavy atom. The second kappa shape index (κ2) is 4.88. The van der Waals surface area contributed by atoms with Gasteiger partial charge in [-0.25, -0.2) is 8.78 Å². The monoisotopic (exact) mass is 293 g/mol. The van der Waals surface area contributed by atoms with Gasteiger partial charge in [0.2, 0.25) is 0 Å². The summed E-state index contributed by atoms with van der Waals surface area (Å²) in [7, 11) is 0. The summed E-state index contributed by atoms with van der Waals surface area (Å²) in [6.07, 6.45) is 0.308. The molecule has 3 nitrogen and oxygen atoms in total. The van der Waals surface area contributed by atoms with Crippen LogP contribution in [0.25, 0.3) is 0 Å². The van der Waals surface area contributed by atoms with Crippen molar-refractivity contribution in [3.8, 4) is 0 Å². The van der Waals surface area contributed by atoms with Gasteiger partial charge in [-0.3, -0.25) is 4.79 Å². The molecule has 1 aliphatic heterocycles. The maximum Gasteiger partial charge on any atom is 0.325 e. The van der Waals surface area contributed by atoms with E-state index in [4.69, 9.17) is 5.11 Å². The van der Waals surface area contributed by atoms with Crippen molar-refractivity contribution in [2.45, 2.75) is 12.5 Å². The van der Waals surface area contributed by atoms with Gasteiger partial charge in [0.05, 0.1) is 0 Å². The minimum atomic E-state index is -1.08. The Kier molecular flexibility index (Phi) is 3.98. The molecule has 0 saturated heterocycles. The standard InChI is InChI=1S/C10H9F2NO2.BrH/c11-7-2-1-6-5(8(7)12)3-4-13-9(6)10(14)15;/h1-2,9,13H,3-4H2,(H,14,15);1H. The van der Waals surface area contributed by atoms with Gasteiger partial charge in [-0.05, 0) is 23.6 Å². The van der Waals surface area contributed by atoms with Crippen molar-refractivity contribution in [2.75, 3.05) is 6.54 Å². The number of carbonyl (C=O) groups is 1. The lowest BCUT2D eigenvalue weighted by molar-refractivity contribution is -0.139. The number of benzene rings is 1. The third-order valence-corrected chi connectivity index (χ3v) is 2.51. The fourth-order valence-electron chi connectivity index (χ4n) is 1.80. The lowest BCUT2D eigenvalue weighted by Gasteiger charge is -2.24. The lowest BCUT2D eigenvalue weighted by atomic mass is 9.94. The van der Waals surface area contributed by atoms with E-state index >= 15 is 0 Å². The summed E-state index contributed by atoms with van der Waals surface area (Å²) in [5.41, 5.74) is 0.480. The Hall–Kier alpha value is -1.01. The van der Waals surface area contributed by atoms with Crippen LogP contribution in [0.4, 0.5) is 8.78 Å². The van der Waals surface area contributed by atoms with Gasteiger partial charge in [-0.1, -0.05) is 6.07 Å². The van der Waals surface area contributed by atoms with E-state index < -0.39 is 23.6 Å². The van der Waals surface area contributed by atoms with Crippen LogP contribution in [-0.2, 0) is 11.2 Å². The summed E-state index contributed by atoms with van der Waals surface area (Å²) in [6.45, 7) is 0.338. The highest BCUT2D eigenvalue weighted by molar-refractivity contribution is 8.93. The zero-order chi connectivity index (χ0) is 11.0. The predicted octanol–water partition coefficient (Wildman–Crippen LogP) is 1.81. The molecule has 0 spiro atoms.